The van der Waals surface area contributed by atoms with Crippen molar-refractivity contribution < 1.29 is 10.0 Å². The molecule has 0 saturated heterocycles. The highest BCUT2D eigenvalue weighted by molar-refractivity contribution is 9.10. The molecule has 0 saturated carbocycles. The molecule has 0 aliphatic carbocycles. The minimum Gasteiger partial charge on any atom is -0.507 e. The molecule has 1 unspecified atom stereocenters. The number of nitro groups is 1. The number of benzene rings is 4. The summed E-state index contributed by atoms with van der Waals surface area (Å²) in [7, 11) is 0. The van der Waals surface area contributed by atoms with Crippen molar-refractivity contribution >= 4 is 38.6 Å². The lowest BCUT2D eigenvalue weighted by Gasteiger charge is -2.17. The van der Waals surface area contributed by atoms with Crippen LogP contribution in [0.15, 0.2) is 94.4 Å². The van der Waals surface area contributed by atoms with Gasteiger partial charge in [0.1, 0.15) is 11.8 Å². The van der Waals surface area contributed by atoms with Crippen LogP contribution in [0, 0.1) is 10.1 Å². The van der Waals surface area contributed by atoms with Gasteiger partial charge in [0, 0.05) is 33.8 Å². The number of fused-ring (bicyclic) bond motifs is 1. The fraction of sp³-hybridized carbons (Fsp3) is 0.0417. The Morgan fingerprint density at radius 3 is 2.47 bits per heavy atom. The van der Waals surface area contributed by atoms with E-state index >= 15 is 0 Å². The Morgan fingerprint density at radius 1 is 0.967 bits per heavy atom. The Balaban J connectivity index is 1.79. The molecule has 0 aliphatic heterocycles. The van der Waals surface area contributed by atoms with E-state index in [1.54, 1.807) is 18.3 Å². The van der Waals surface area contributed by atoms with Gasteiger partial charge in [-0.3, -0.25) is 15.1 Å². The first-order chi connectivity index (χ1) is 14.5. The Labute approximate surface area is 181 Å². The lowest BCUT2D eigenvalue weighted by atomic mass is 9.95. The molecule has 30 heavy (non-hydrogen) atoms. The Morgan fingerprint density at radius 2 is 1.73 bits per heavy atom. The molecule has 4 rings (SSSR count). The SMILES string of the molecule is O=[N+]([O-])c1ccc(C=NC(c2cccc(Br)c2)c2ccc3ccccc3c2O)cc1. The van der Waals surface area contributed by atoms with Gasteiger partial charge in [-0.25, -0.2) is 0 Å². The van der Waals surface area contributed by atoms with Gasteiger partial charge in [-0.15, -0.1) is 0 Å². The van der Waals surface area contributed by atoms with Gasteiger partial charge in [0.15, 0.2) is 0 Å². The van der Waals surface area contributed by atoms with E-state index in [-0.39, 0.29) is 11.4 Å². The zero-order valence-electron chi connectivity index (χ0n) is 15.8. The van der Waals surface area contributed by atoms with Gasteiger partial charge >= 0.3 is 0 Å². The van der Waals surface area contributed by atoms with Crippen molar-refractivity contribution in [3.8, 4) is 5.75 Å². The van der Waals surface area contributed by atoms with Gasteiger partial charge in [0.2, 0.25) is 0 Å². The molecular formula is C24H17BrN2O3. The normalized spacial score (nSPS) is 12.3. The van der Waals surface area contributed by atoms with E-state index in [0.717, 1.165) is 26.4 Å². The number of halogens is 1. The van der Waals surface area contributed by atoms with E-state index in [1.165, 1.54) is 12.1 Å². The minimum atomic E-state index is -0.442. The maximum absolute atomic E-state index is 11.0. The highest BCUT2D eigenvalue weighted by atomic mass is 79.9. The number of rotatable bonds is 5. The zero-order valence-corrected chi connectivity index (χ0v) is 17.4. The van der Waals surface area contributed by atoms with Crippen molar-refractivity contribution in [3.05, 3.63) is 116 Å². The van der Waals surface area contributed by atoms with Crippen LogP contribution in [0.1, 0.15) is 22.7 Å². The first-order valence-electron chi connectivity index (χ1n) is 9.26. The van der Waals surface area contributed by atoms with Crippen LogP contribution in [0.25, 0.3) is 10.8 Å². The molecule has 0 aliphatic rings. The summed E-state index contributed by atoms with van der Waals surface area (Å²) in [5.41, 5.74) is 2.36. The van der Waals surface area contributed by atoms with Gasteiger partial charge < -0.3 is 5.11 Å². The molecule has 0 fully saturated rings. The highest BCUT2D eigenvalue weighted by Gasteiger charge is 2.18. The second-order valence-electron chi connectivity index (χ2n) is 6.81. The van der Waals surface area contributed by atoms with E-state index in [1.807, 2.05) is 60.7 Å². The lowest BCUT2D eigenvalue weighted by molar-refractivity contribution is -0.384. The minimum absolute atomic E-state index is 0.0304. The van der Waals surface area contributed by atoms with E-state index in [0.29, 0.717) is 5.56 Å². The van der Waals surface area contributed by atoms with E-state index in [2.05, 4.69) is 15.9 Å². The molecule has 0 aromatic heterocycles. The number of aliphatic imine (C=N–C) groups is 1. The number of nitro benzene ring substituents is 1. The fourth-order valence-electron chi connectivity index (χ4n) is 3.36. The van der Waals surface area contributed by atoms with Crippen LogP contribution in [0.4, 0.5) is 5.69 Å². The van der Waals surface area contributed by atoms with Crippen molar-refractivity contribution in [3.63, 3.8) is 0 Å². The number of phenols is 1. The standard InChI is InChI=1S/C24H17BrN2O3/c25-19-6-3-5-18(14-19)23(26-15-16-8-11-20(12-9-16)27(29)30)22-13-10-17-4-1-2-7-21(17)24(22)28/h1-15,23,28H. The summed E-state index contributed by atoms with van der Waals surface area (Å²) < 4.78 is 0.913. The number of phenolic OH excluding ortho intramolecular Hbond substituents is 1. The number of hydrogen-bond acceptors (Lipinski definition) is 4. The maximum atomic E-state index is 11.0. The Kier molecular flexibility index (Phi) is 5.59. The van der Waals surface area contributed by atoms with Crippen LogP contribution in [-0.4, -0.2) is 16.2 Å². The average Bonchev–Trinajstić information content (AvgIpc) is 2.76. The first-order valence-corrected chi connectivity index (χ1v) is 10.1. The van der Waals surface area contributed by atoms with Crippen molar-refractivity contribution in [2.45, 2.75) is 6.04 Å². The van der Waals surface area contributed by atoms with Crippen molar-refractivity contribution in [2.75, 3.05) is 0 Å². The lowest BCUT2D eigenvalue weighted by Crippen LogP contribution is -2.00. The third-order valence-corrected chi connectivity index (χ3v) is 5.36. The van der Waals surface area contributed by atoms with E-state index in [9.17, 15) is 15.2 Å². The zero-order chi connectivity index (χ0) is 21.1. The summed E-state index contributed by atoms with van der Waals surface area (Å²) in [5, 5.41) is 23.6. The van der Waals surface area contributed by atoms with Gasteiger partial charge in [-0.2, -0.15) is 0 Å². The van der Waals surface area contributed by atoms with Crippen LogP contribution >= 0.6 is 15.9 Å². The number of nitrogens with zero attached hydrogens (tertiary/aromatic N) is 2. The molecule has 6 heteroatoms. The molecule has 148 valence electrons. The number of aromatic hydroxyl groups is 1. The second kappa shape index (κ2) is 8.47. The summed E-state index contributed by atoms with van der Waals surface area (Å²) >= 11 is 3.50. The second-order valence-corrected chi connectivity index (χ2v) is 7.72. The predicted molar refractivity (Wildman–Crippen MR) is 122 cm³/mol. The molecule has 1 N–H and O–H groups in total. The molecule has 0 amide bonds. The maximum Gasteiger partial charge on any atom is 0.269 e. The van der Waals surface area contributed by atoms with Crippen LogP contribution in [-0.2, 0) is 0 Å². The number of non-ortho nitro benzene ring substituents is 1. The number of hydrogen-bond donors (Lipinski definition) is 1. The molecule has 0 heterocycles. The average molecular weight is 461 g/mol. The third-order valence-electron chi connectivity index (χ3n) is 4.87. The molecule has 0 bridgehead atoms. The Hall–Kier alpha value is -3.51. The molecule has 0 spiro atoms. The summed E-state index contributed by atoms with van der Waals surface area (Å²) in [6.45, 7) is 0. The largest absolute Gasteiger partial charge is 0.507 e. The van der Waals surface area contributed by atoms with E-state index in [4.69, 9.17) is 4.99 Å². The van der Waals surface area contributed by atoms with Gasteiger partial charge in [0.25, 0.3) is 5.69 Å². The smallest absolute Gasteiger partial charge is 0.269 e. The summed E-state index contributed by atoms with van der Waals surface area (Å²) in [4.78, 5) is 15.2. The third kappa shape index (κ3) is 4.09. The first kappa shape index (κ1) is 19.8. The quantitative estimate of drug-likeness (QED) is 0.212. The molecule has 5 nitrogen and oxygen atoms in total. The molecule has 1 atom stereocenters. The van der Waals surface area contributed by atoms with Gasteiger partial charge in [-0.05, 0) is 40.8 Å². The Bertz CT molecular complexity index is 1250. The van der Waals surface area contributed by atoms with Crippen molar-refractivity contribution in [1.82, 2.24) is 0 Å². The van der Waals surface area contributed by atoms with Crippen molar-refractivity contribution in [1.29, 1.82) is 0 Å². The topological polar surface area (TPSA) is 75.7 Å². The summed E-state index contributed by atoms with van der Waals surface area (Å²) in [5.74, 6) is 0.193. The van der Waals surface area contributed by atoms with Crippen LogP contribution in [0.3, 0.4) is 0 Å². The van der Waals surface area contributed by atoms with Crippen molar-refractivity contribution in [2.24, 2.45) is 4.99 Å². The van der Waals surface area contributed by atoms with Gasteiger partial charge in [-0.1, -0.05) is 64.5 Å². The predicted octanol–water partition coefficient (Wildman–Crippen LogP) is 6.42. The summed E-state index contributed by atoms with van der Waals surface area (Å²) in [6, 6.07) is 25.0. The highest BCUT2D eigenvalue weighted by Crippen LogP contribution is 2.38. The van der Waals surface area contributed by atoms with Crippen LogP contribution in [0.5, 0.6) is 5.75 Å². The molecule has 4 aromatic carbocycles. The van der Waals surface area contributed by atoms with Crippen LogP contribution in [0.2, 0.25) is 0 Å². The molecular weight excluding hydrogens is 444 g/mol. The molecule has 4 aromatic rings. The summed E-state index contributed by atoms with van der Waals surface area (Å²) in [6.07, 6.45) is 1.67. The molecule has 0 radical (unpaired) electrons. The fourth-order valence-corrected chi connectivity index (χ4v) is 3.77. The van der Waals surface area contributed by atoms with E-state index < -0.39 is 11.0 Å². The monoisotopic (exact) mass is 460 g/mol. The van der Waals surface area contributed by atoms with Crippen LogP contribution < -0.4 is 0 Å². The van der Waals surface area contributed by atoms with Gasteiger partial charge in [0.05, 0.1) is 4.92 Å².